The van der Waals surface area contributed by atoms with Crippen molar-refractivity contribution in [2.45, 2.75) is 31.8 Å². The summed E-state index contributed by atoms with van der Waals surface area (Å²) in [5.74, 6) is 1.67. The second-order valence-corrected chi connectivity index (χ2v) is 8.94. The molecule has 0 aliphatic carbocycles. The molecule has 6 heterocycles. The smallest absolute Gasteiger partial charge is 0.255 e. The van der Waals surface area contributed by atoms with Crippen LogP contribution in [-0.2, 0) is 17.8 Å². The quantitative estimate of drug-likeness (QED) is 0.683. The van der Waals surface area contributed by atoms with Crippen molar-refractivity contribution in [3.05, 3.63) is 46.4 Å². The van der Waals surface area contributed by atoms with Gasteiger partial charge in [-0.2, -0.15) is 0 Å². The first-order chi connectivity index (χ1) is 15.3. The summed E-state index contributed by atoms with van der Waals surface area (Å²) in [6, 6.07) is 4.23. The van der Waals surface area contributed by atoms with E-state index in [0.29, 0.717) is 24.0 Å². The van der Waals surface area contributed by atoms with E-state index in [1.165, 1.54) is 0 Å². The van der Waals surface area contributed by atoms with Gasteiger partial charge in [0.2, 0.25) is 0 Å². The van der Waals surface area contributed by atoms with E-state index in [4.69, 9.17) is 4.74 Å². The number of ether oxygens (including phenoxy) is 1. The average Bonchev–Trinajstić information content (AvgIpc) is 3.12. The van der Waals surface area contributed by atoms with Crippen molar-refractivity contribution >= 4 is 17.0 Å². The van der Waals surface area contributed by atoms with E-state index in [1.54, 1.807) is 12.7 Å². The Bertz CT molecular complexity index is 1150. The van der Waals surface area contributed by atoms with Crippen LogP contribution in [0.1, 0.15) is 30.0 Å². The number of nitrogens with zero attached hydrogens (tertiary/aromatic N) is 6. The molecule has 0 saturated carbocycles. The van der Waals surface area contributed by atoms with Crippen molar-refractivity contribution in [3.8, 4) is 0 Å². The fraction of sp³-hybridized carbons (Fsp3) is 0.545. The molecule has 9 nitrogen and oxygen atoms in total. The van der Waals surface area contributed by atoms with Crippen LogP contribution in [0.3, 0.4) is 0 Å². The van der Waals surface area contributed by atoms with Crippen molar-refractivity contribution in [2.24, 2.45) is 5.92 Å². The normalized spacial score (nSPS) is 24.2. The molecule has 2 saturated heterocycles. The van der Waals surface area contributed by atoms with Gasteiger partial charge in [0, 0.05) is 63.1 Å². The molecule has 2 atom stereocenters. The molecular weight excluding hydrogens is 394 g/mol. The Kier molecular flexibility index (Phi) is 4.72. The molecule has 6 rings (SSSR count). The third-order valence-corrected chi connectivity index (χ3v) is 6.89. The van der Waals surface area contributed by atoms with Gasteiger partial charge in [0.05, 0.1) is 12.9 Å². The topological polar surface area (TPSA) is 92.2 Å². The Morgan fingerprint density at radius 3 is 3.03 bits per heavy atom. The monoisotopic (exact) mass is 421 g/mol. The highest BCUT2D eigenvalue weighted by Gasteiger charge is 2.36. The molecule has 162 valence electrons. The molecule has 31 heavy (non-hydrogen) atoms. The zero-order valence-corrected chi connectivity index (χ0v) is 17.5. The van der Waals surface area contributed by atoms with Crippen molar-refractivity contribution in [2.75, 3.05) is 44.3 Å². The van der Waals surface area contributed by atoms with Crippen LogP contribution in [-0.4, -0.2) is 68.8 Å². The van der Waals surface area contributed by atoms with Gasteiger partial charge in [-0.3, -0.25) is 9.69 Å². The number of anilines is 1. The van der Waals surface area contributed by atoms with Crippen LogP contribution >= 0.6 is 0 Å². The molecule has 0 amide bonds. The molecule has 2 fully saturated rings. The number of nitrogens with one attached hydrogen (secondary N) is 1. The number of rotatable bonds is 3. The van der Waals surface area contributed by atoms with Gasteiger partial charge in [-0.05, 0) is 24.8 Å². The second kappa shape index (κ2) is 7.72. The third kappa shape index (κ3) is 3.41. The van der Waals surface area contributed by atoms with E-state index >= 15 is 0 Å². The fourth-order valence-corrected chi connectivity index (χ4v) is 5.47. The van der Waals surface area contributed by atoms with Crippen LogP contribution in [0.15, 0.2) is 29.6 Å². The Labute approximate surface area is 180 Å². The van der Waals surface area contributed by atoms with Crippen LogP contribution in [0.25, 0.3) is 11.2 Å². The minimum atomic E-state index is 0.184. The number of pyridine rings is 1. The van der Waals surface area contributed by atoms with E-state index in [9.17, 15) is 4.79 Å². The largest absolute Gasteiger partial charge is 0.380 e. The molecule has 0 aromatic carbocycles. The number of aromatic nitrogens is 5. The van der Waals surface area contributed by atoms with Gasteiger partial charge in [0.15, 0.2) is 11.5 Å². The summed E-state index contributed by atoms with van der Waals surface area (Å²) in [6.07, 6.45) is 5.40. The van der Waals surface area contributed by atoms with Crippen molar-refractivity contribution < 1.29 is 4.74 Å². The molecule has 2 bridgehead atoms. The molecular formula is C22H27N7O2. The summed E-state index contributed by atoms with van der Waals surface area (Å²) >= 11 is 0. The molecule has 0 unspecified atom stereocenters. The lowest BCUT2D eigenvalue weighted by atomic mass is 9.83. The van der Waals surface area contributed by atoms with Gasteiger partial charge in [0.1, 0.15) is 11.8 Å². The second-order valence-electron chi connectivity index (χ2n) is 8.94. The number of piperidine rings is 1. The van der Waals surface area contributed by atoms with E-state index in [0.717, 1.165) is 81.4 Å². The summed E-state index contributed by atoms with van der Waals surface area (Å²) in [5, 5.41) is 0. The van der Waals surface area contributed by atoms with Crippen LogP contribution in [0.5, 0.6) is 0 Å². The van der Waals surface area contributed by atoms with Gasteiger partial charge in [-0.25, -0.2) is 15.0 Å². The third-order valence-electron chi connectivity index (χ3n) is 6.89. The Hall–Kier alpha value is -2.78. The molecule has 9 heteroatoms. The minimum absolute atomic E-state index is 0.184. The molecule has 0 spiro atoms. The minimum Gasteiger partial charge on any atom is -0.380 e. The highest BCUT2D eigenvalue weighted by molar-refractivity contribution is 5.82. The number of imidazole rings is 1. The van der Waals surface area contributed by atoms with Gasteiger partial charge in [-0.15, -0.1) is 0 Å². The Morgan fingerprint density at radius 1 is 1.10 bits per heavy atom. The first-order valence-corrected chi connectivity index (χ1v) is 11.2. The van der Waals surface area contributed by atoms with Crippen molar-refractivity contribution in [3.63, 3.8) is 0 Å². The summed E-state index contributed by atoms with van der Waals surface area (Å²) in [4.78, 5) is 34.3. The predicted molar refractivity (Wildman–Crippen MR) is 116 cm³/mol. The van der Waals surface area contributed by atoms with Gasteiger partial charge >= 0.3 is 0 Å². The molecule has 3 aromatic rings. The highest BCUT2D eigenvalue weighted by atomic mass is 16.5. The zero-order chi connectivity index (χ0) is 20.8. The lowest BCUT2D eigenvalue weighted by Crippen LogP contribution is -2.48. The first-order valence-electron chi connectivity index (χ1n) is 11.2. The molecule has 3 aliphatic rings. The maximum Gasteiger partial charge on any atom is 0.255 e. The lowest BCUT2D eigenvalue weighted by Gasteiger charge is -2.43. The molecule has 3 aliphatic heterocycles. The van der Waals surface area contributed by atoms with E-state index in [2.05, 4.69) is 41.9 Å². The van der Waals surface area contributed by atoms with Gasteiger partial charge in [0.25, 0.3) is 5.56 Å². The summed E-state index contributed by atoms with van der Waals surface area (Å²) in [6.45, 7) is 6.67. The first kappa shape index (κ1) is 18.9. The van der Waals surface area contributed by atoms with Crippen molar-refractivity contribution in [1.29, 1.82) is 0 Å². The number of H-pyrrole nitrogens is 1. The van der Waals surface area contributed by atoms with Crippen LogP contribution in [0, 0.1) is 5.92 Å². The lowest BCUT2D eigenvalue weighted by molar-refractivity contribution is 0.140. The molecule has 3 aromatic heterocycles. The highest BCUT2D eigenvalue weighted by Crippen LogP contribution is 2.37. The summed E-state index contributed by atoms with van der Waals surface area (Å²) in [7, 11) is 0. The van der Waals surface area contributed by atoms with Crippen LogP contribution in [0.4, 0.5) is 5.82 Å². The summed E-state index contributed by atoms with van der Waals surface area (Å²) < 4.78 is 7.60. The number of hydrogen-bond acceptors (Lipinski definition) is 7. The zero-order valence-electron chi connectivity index (χ0n) is 17.5. The molecule has 1 N–H and O–H groups in total. The fourth-order valence-electron chi connectivity index (χ4n) is 5.47. The van der Waals surface area contributed by atoms with Crippen LogP contribution < -0.4 is 10.5 Å². The number of aromatic amines is 1. The standard InChI is InChI=1S/C22H27N7O2/c30-22-16(11-27-4-1-6-31-7-5-27)2-3-18-17-8-15(10-29(18)22)9-28(12-17)21-19-20(24-13-23-19)25-14-26-21/h2-3,13-15,17H,1,4-12H2,(H,23,24,25,26)/t15-,17+/m0/s1. The van der Waals surface area contributed by atoms with Gasteiger partial charge < -0.3 is 19.2 Å². The SMILES string of the molecule is O=c1c(CN2CCCOCC2)ccc2n1C[C@H]1C[C@@H]2CN(c2ncnc3nc[nH]c23)C1. The van der Waals surface area contributed by atoms with E-state index < -0.39 is 0 Å². The maximum atomic E-state index is 13.4. The van der Waals surface area contributed by atoms with E-state index in [1.807, 2.05) is 4.57 Å². The number of fused-ring (bicyclic) bond motifs is 5. The Morgan fingerprint density at radius 2 is 2.06 bits per heavy atom. The number of hydrogen-bond donors (Lipinski definition) is 1. The van der Waals surface area contributed by atoms with Gasteiger partial charge in [-0.1, -0.05) is 6.07 Å². The average molecular weight is 422 g/mol. The summed E-state index contributed by atoms with van der Waals surface area (Å²) in [5.41, 5.74) is 3.82. The maximum absolute atomic E-state index is 13.4. The Balaban J connectivity index is 1.28. The van der Waals surface area contributed by atoms with Crippen LogP contribution in [0.2, 0.25) is 0 Å². The molecule has 0 radical (unpaired) electrons. The van der Waals surface area contributed by atoms with E-state index in [-0.39, 0.29) is 5.56 Å². The van der Waals surface area contributed by atoms with Crippen molar-refractivity contribution in [1.82, 2.24) is 29.4 Å². The predicted octanol–water partition coefficient (Wildman–Crippen LogP) is 1.36.